The maximum absolute atomic E-state index is 14.0. The van der Waals surface area contributed by atoms with E-state index in [1.165, 1.54) is 22.7 Å². The van der Waals surface area contributed by atoms with Crippen LogP contribution >= 0.6 is 34.4 Å². The van der Waals surface area contributed by atoms with Gasteiger partial charge in [-0.1, -0.05) is 108 Å². The molecule has 0 atom stereocenters. The molecular formula is C33H26N4O2S3. The molecule has 0 fully saturated rings. The molecule has 0 saturated carbocycles. The van der Waals surface area contributed by atoms with Crippen LogP contribution in [0, 0.1) is 6.92 Å². The van der Waals surface area contributed by atoms with E-state index in [4.69, 9.17) is 15.0 Å². The van der Waals surface area contributed by atoms with Gasteiger partial charge < -0.3 is 10.2 Å². The highest BCUT2D eigenvalue weighted by atomic mass is 32.2. The smallest absolute Gasteiger partial charge is 0.250 e. The number of carbonyl (C=O) groups is 1. The summed E-state index contributed by atoms with van der Waals surface area (Å²) >= 11 is 3.97. The Labute approximate surface area is 256 Å². The van der Waals surface area contributed by atoms with Crippen LogP contribution in [0.2, 0.25) is 0 Å². The molecule has 6 rings (SSSR count). The zero-order chi connectivity index (χ0) is 28.9. The van der Waals surface area contributed by atoms with Gasteiger partial charge in [0, 0.05) is 28.6 Å². The number of benzene rings is 4. The molecular weight excluding hydrogens is 581 g/mol. The minimum Gasteiger partial charge on any atom is -0.374 e. The lowest BCUT2D eigenvalue weighted by Crippen LogP contribution is -2.32. The van der Waals surface area contributed by atoms with E-state index in [9.17, 15) is 4.79 Å². The molecule has 0 unspecified atom stereocenters. The van der Waals surface area contributed by atoms with E-state index >= 15 is 0 Å². The quantitative estimate of drug-likeness (QED) is 0.0775. The SMILES string of the molecule is CNc1nc(/C(=N\OC(c2ccccc2)(c2ccccc2)c2ccccc2)C(=O)Sc2nc3ccccc3s2)c(C)s1. The Morgan fingerprint density at radius 2 is 1.33 bits per heavy atom. The van der Waals surface area contributed by atoms with Crippen LogP contribution in [-0.2, 0) is 15.2 Å². The number of oxime groups is 1. The Morgan fingerprint density at radius 3 is 1.86 bits per heavy atom. The lowest BCUT2D eigenvalue weighted by Gasteiger charge is -2.33. The van der Waals surface area contributed by atoms with Crippen molar-refractivity contribution in [1.29, 1.82) is 0 Å². The van der Waals surface area contributed by atoms with Crippen molar-refractivity contribution in [2.45, 2.75) is 16.9 Å². The topological polar surface area (TPSA) is 76.5 Å². The summed E-state index contributed by atoms with van der Waals surface area (Å²) in [4.78, 5) is 30.9. The second-order valence-corrected chi connectivity index (χ2v) is 12.8. The Balaban J connectivity index is 1.51. The van der Waals surface area contributed by atoms with E-state index in [0.29, 0.717) is 15.2 Å². The number of nitrogens with one attached hydrogen (secondary N) is 1. The predicted molar refractivity (Wildman–Crippen MR) is 174 cm³/mol. The van der Waals surface area contributed by atoms with E-state index in [0.717, 1.165) is 43.5 Å². The van der Waals surface area contributed by atoms with Crippen LogP contribution in [0.15, 0.2) is 125 Å². The number of thioether (sulfide) groups is 1. The molecule has 6 aromatic rings. The summed E-state index contributed by atoms with van der Waals surface area (Å²) < 4.78 is 1.65. The van der Waals surface area contributed by atoms with E-state index in [1.54, 1.807) is 7.05 Å². The fourth-order valence-electron chi connectivity index (χ4n) is 4.71. The molecule has 0 aliphatic heterocycles. The first-order valence-electron chi connectivity index (χ1n) is 13.2. The van der Waals surface area contributed by atoms with Crippen molar-refractivity contribution in [1.82, 2.24) is 9.97 Å². The van der Waals surface area contributed by atoms with E-state index in [2.05, 4.69) is 10.3 Å². The van der Waals surface area contributed by atoms with Crippen molar-refractivity contribution in [2.24, 2.45) is 5.16 Å². The zero-order valence-electron chi connectivity index (χ0n) is 22.9. The number of hydrogen-bond acceptors (Lipinski definition) is 9. The van der Waals surface area contributed by atoms with E-state index < -0.39 is 5.60 Å². The predicted octanol–water partition coefficient (Wildman–Crippen LogP) is 8.13. The Bertz CT molecular complexity index is 1720. The summed E-state index contributed by atoms with van der Waals surface area (Å²) in [7, 11) is 1.80. The van der Waals surface area contributed by atoms with Crippen molar-refractivity contribution in [3.8, 4) is 0 Å². The van der Waals surface area contributed by atoms with Crippen LogP contribution in [0.25, 0.3) is 10.2 Å². The molecule has 208 valence electrons. The molecule has 4 aromatic carbocycles. The Hall–Kier alpha value is -4.31. The van der Waals surface area contributed by atoms with Gasteiger partial charge in [-0.05, 0) is 30.8 Å². The normalized spacial score (nSPS) is 11.9. The van der Waals surface area contributed by atoms with Crippen molar-refractivity contribution >= 4 is 60.6 Å². The number of fused-ring (bicyclic) bond motifs is 1. The summed E-state index contributed by atoms with van der Waals surface area (Å²) in [5, 5.41) is 8.17. The number of hydrogen-bond donors (Lipinski definition) is 1. The monoisotopic (exact) mass is 606 g/mol. The molecule has 0 radical (unpaired) electrons. The van der Waals surface area contributed by atoms with Crippen LogP contribution in [-0.4, -0.2) is 27.8 Å². The third-order valence-electron chi connectivity index (χ3n) is 6.70. The standard InChI is InChI=1S/C33H26N4O2S3/c1-22-28(36-31(34-2)40-22)29(30(38)42-32-35-26-20-12-13-21-27(26)41-32)37-39-33(23-14-6-3-7-15-23,24-16-8-4-9-17-24)25-18-10-5-11-19-25/h3-21H,1-2H3,(H,34,36)/b37-29+. The third kappa shape index (κ3) is 5.46. The molecule has 2 aromatic heterocycles. The summed E-state index contributed by atoms with van der Waals surface area (Å²) in [5.74, 6) is 0. The number of aromatic nitrogens is 2. The van der Waals surface area contributed by atoms with Gasteiger partial charge in [-0.2, -0.15) is 0 Å². The van der Waals surface area contributed by atoms with Gasteiger partial charge >= 0.3 is 0 Å². The van der Waals surface area contributed by atoms with Gasteiger partial charge in [0.1, 0.15) is 5.69 Å². The minimum atomic E-state index is -1.13. The Kier molecular flexibility index (Phi) is 8.14. The summed E-state index contributed by atoms with van der Waals surface area (Å²) in [6.07, 6.45) is 0. The van der Waals surface area contributed by atoms with Crippen molar-refractivity contribution < 1.29 is 9.63 Å². The highest BCUT2D eigenvalue weighted by molar-refractivity contribution is 8.16. The second kappa shape index (κ2) is 12.3. The average molecular weight is 607 g/mol. The molecule has 0 aliphatic carbocycles. The van der Waals surface area contributed by atoms with Crippen LogP contribution < -0.4 is 5.32 Å². The minimum absolute atomic E-state index is 0.127. The number of aryl methyl sites for hydroxylation is 1. The highest BCUT2D eigenvalue weighted by Gasteiger charge is 2.40. The molecule has 0 bridgehead atoms. The van der Waals surface area contributed by atoms with Crippen molar-refractivity contribution in [2.75, 3.05) is 12.4 Å². The zero-order valence-corrected chi connectivity index (χ0v) is 25.3. The third-order valence-corrected chi connectivity index (χ3v) is 9.66. The summed E-state index contributed by atoms with van der Waals surface area (Å²) in [5.41, 5.74) is 2.96. The number of carbonyl (C=O) groups excluding carboxylic acids is 1. The van der Waals surface area contributed by atoms with Gasteiger partial charge in [-0.25, -0.2) is 9.97 Å². The first-order valence-corrected chi connectivity index (χ1v) is 15.7. The average Bonchev–Trinajstić information content (AvgIpc) is 3.63. The van der Waals surface area contributed by atoms with Crippen LogP contribution in [0.4, 0.5) is 5.13 Å². The number of para-hydroxylation sites is 1. The number of nitrogens with zero attached hydrogens (tertiary/aromatic N) is 3. The number of thiazole rings is 2. The Morgan fingerprint density at radius 1 is 0.786 bits per heavy atom. The molecule has 0 saturated heterocycles. The molecule has 0 aliphatic rings. The lowest BCUT2D eigenvalue weighted by atomic mass is 9.80. The van der Waals surface area contributed by atoms with Gasteiger partial charge in [0.25, 0.3) is 0 Å². The van der Waals surface area contributed by atoms with E-state index in [1.807, 2.05) is 122 Å². The van der Waals surface area contributed by atoms with Crippen molar-refractivity contribution in [3.63, 3.8) is 0 Å². The first kappa shape index (κ1) is 27.8. The van der Waals surface area contributed by atoms with Crippen LogP contribution in [0.3, 0.4) is 0 Å². The second-order valence-electron chi connectivity index (χ2n) is 9.32. The summed E-state index contributed by atoms with van der Waals surface area (Å²) in [6, 6.07) is 37.7. The maximum atomic E-state index is 14.0. The molecule has 1 N–H and O–H groups in total. The van der Waals surface area contributed by atoms with Gasteiger partial charge in [0.15, 0.2) is 15.2 Å². The van der Waals surface area contributed by atoms with Crippen LogP contribution in [0.5, 0.6) is 0 Å². The van der Waals surface area contributed by atoms with Crippen LogP contribution in [0.1, 0.15) is 27.3 Å². The van der Waals surface area contributed by atoms with Gasteiger partial charge in [0.2, 0.25) is 10.7 Å². The van der Waals surface area contributed by atoms with Gasteiger partial charge in [-0.3, -0.25) is 4.79 Å². The fourth-order valence-corrected chi connectivity index (χ4v) is 7.37. The first-order chi connectivity index (χ1) is 20.6. The molecule has 2 heterocycles. The lowest BCUT2D eigenvalue weighted by molar-refractivity contribution is -0.105. The van der Waals surface area contributed by atoms with E-state index in [-0.39, 0.29) is 10.8 Å². The molecule has 9 heteroatoms. The fraction of sp³-hybridized carbons (Fsp3) is 0.0909. The maximum Gasteiger partial charge on any atom is 0.250 e. The van der Waals surface area contributed by atoms with Gasteiger partial charge in [-0.15, -0.1) is 22.7 Å². The van der Waals surface area contributed by atoms with Gasteiger partial charge in [0.05, 0.1) is 10.2 Å². The molecule has 0 amide bonds. The largest absolute Gasteiger partial charge is 0.374 e. The number of rotatable bonds is 9. The highest BCUT2D eigenvalue weighted by Crippen LogP contribution is 2.41. The molecule has 0 spiro atoms. The molecule has 42 heavy (non-hydrogen) atoms. The number of anilines is 1. The summed E-state index contributed by atoms with van der Waals surface area (Å²) in [6.45, 7) is 1.93. The van der Waals surface area contributed by atoms with Crippen molar-refractivity contribution in [3.05, 3.63) is 143 Å². The molecule has 6 nitrogen and oxygen atoms in total.